The van der Waals surface area contributed by atoms with Crippen molar-refractivity contribution >= 4 is 0 Å². The van der Waals surface area contributed by atoms with Crippen LogP contribution in [0.3, 0.4) is 0 Å². The van der Waals surface area contributed by atoms with Crippen LogP contribution in [0.4, 0.5) is 0 Å². The number of rotatable bonds is 4. The van der Waals surface area contributed by atoms with Crippen molar-refractivity contribution < 1.29 is 0 Å². The predicted octanol–water partition coefficient (Wildman–Crippen LogP) is 4.40. The third-order valence-corrected chi connectivity index (χ3v) is 2.03. The van der Waals surface area contributed by atoms with Gasteiger partial charge in [-0.1, -0.05) is 40.5 Å². The monoisotopic (exact) mass is 180 g/mol. The van der Waals surface area contributed by atoms with E-state index in [0.29, 0.717) is 5.41 Å². The molecule has 0 amide bonds. The lowest BCUT2D eigenvalue weighted by Crippen LogP contribution is -2.03. The van der Waals surface area contributed by atoms with E-state index in [1.165, 1.54) is 25.7 Å². The van der Waals surface area contributed by atoms with Crippen molar-refractivity contribution in [3.63, 3.8) is 0 Å². The van der Waals surface area contributed by atoms with Crippen molar-refractivity contribution in [1.29, 1.82) is 0 Å². The zero-order valence-electron chi connectivity index (χ0n) is 9.74. The third kappa shape index (κ3) is 11.6. The molecule has 0 heterocycles. The van der Waals surface area contributed by atoms with Gasteiger partial charge in [0.05, 0.1) is 0 Å². The first-order valence-corrected chi connectivity index (χ1v) is 5.52. The van der Waals surface area contributed by atoms with Crippen molar-refractivity contribution in [2.24, 2.45) is 5.41 Å². The molecular formula is C13H24. The number of unbranched alkanes of at least 4 members (excludes halogenated alkanes) is 3. The number of hydrogen-bond acceptors (Lipinski definition) is 0. The van der Waals surface area contributed by atoms with Crippen molar-refractivity contribution in [1.82, 2.24) is 0 Å². The van der Waals surface area contributed by atoms with Crippen molar-refractivity contribution in [3.8, 4) is 11.8 Å². The van der Waals surface area contributed by atoms with Crippen LogP contribution in [0.1, 0.15) is 66.2 Å². The zero-order valence-corrected chi connectivity index (χ0v) is 9.74. The zero-order chi connectivity index (χ0) is 10.2. The van der Waals surface area contributed by atoms with Gasteiger partial charge in [0.25, 0.3) is 0 Å². The van der Waals surface area contributed by atoms with Gasteiger partial charge in [-0.15, -0.1) is 11.8 Å². The summed E-state index contributed by atoms with van der Waals surface area (Å²) in [4.78, 5) is 0. The molecule has 76 valence electrons. The van der Waals surface area contributed by atoms with E-state index in [0.717, 1.165) is 12.8 Å². The molecular weight excluding hydrogens is 156 g/mol. The fraction of sp³-hybridized carbons (Fsp3) is 0.846. The molecule has 0 fully saturated rings. The van der Waals surface area contributed by atoms with Gasteiger partial charge in [-0.3, -0.25) is 0 Å². The largest absolute Gasteiger partial charge is 0.103 e. The Morgan fingerprint density at radius 2 is 1.54 bits per heavy atom. The highest BCUT2D eigenvalue weighted by Crippen LogP contribution is 2.19. The molecule has 0 nitrogen and oxygen atoms in total. The fourth-order valence-electron chi connectivity index (χ4n) is 1.08. The minimum atomic E-state index is 0.443. The molecule has 0 unspecified atom stereocenters. The van der Waals surface area contributed by atoms with Crippen molar-refractivity contribution in [2.75, 3.05) is 0 Å². The highest BCUT2D eigenvalue weighted by Gasteiger charge is 2.07. The van der Waals surface area contributed by atoms with Crippen LogP contribution in [-0.2, 0) is 0 Å². The van der Waals surface area contributed by atoms with E-state index in [4.69, 9.17) is 0 Å². The molecule has 0 aliphatic heterocycles. The van der Waals surface area contributed by atoms with Crippen LogP contribution in [0.2, 0.25) is 0 Å². The summed E-state index contributed by atoms with van der Waals surface area (Å²) in [7, 11) is 0. The maximum Gasteiger partial charge on any atom is 0.00936 e. The lowest BCUT2D eigenvalue weighted by atomic mass is 9.91. The maximum atomic E-state index is 3.25. The maximum absolute atomic E-state index is 3.25. The van der Waals surface area contributed by atoms with Crippen LogP contribution < -0.4 is 0 Å². The predicted molar refractivity (Wildman–Crippen MR) is 60.6 cm³/mol. The molecule has 0 rings (SSSR count). The summed E-state index contributed by atoms with van der Waals surface area (Å²) >= 11 is 0. The van der Waals surface area contributed by atoms with Gasteiger partial charge < -0.3 is 0 Å². The first kappa shape index (κ1) is 12.6. The Balaban J connectivity index is 3.30. The Bertz CT molecular complexity index is 161. The summed E-state index contributed by atoms with van der Waals surface area (Å²) in [6, 6.07) is 0. The molecule has 0 bridgehead atoms. The van der Waals surface area contributed by atoms with Crippen LogP contribution in [0, 0.1) is 17.3 Å². The highest BCUT2D eigenvalue weighted by molar-refractivity contribution is 4.99. The summed E-state index contributed by atoms with van der Waals surface area (Å²) in [5.41, 5.74) is 0.443. The van der Waals surface area contributed by atoms with Gasteiger partial charge in [0.1, 0.15) is 0 Å². The molecule has 13 heavy (non-hydrogen) atoms. The van der Waals surface area contributed by atoms with Crippen LogP contribution in [0.5, 0.6) is 0 Å². The van der Waals surface area contributed by atoms with E-state index in [1.807, 2.05) is 0 Å². The van der Waals surface area contributed by atoms with Crippen molar-refractivity contribution in [3.05, 3.63) is 0 Å². The van der Waals surface area contributed by atoms with Gasteiger partial charge in [0.2, 0.25) is 0 Å². The van der Waals surface area contributed by atoms with Crippen LogP contribution in [0.15, 0.2) is 0 Å². The lowest BCUT2D eigenvalue weighted by Gasteiger charge is -2.15. The van der Waals surface area contributed by atoms with Crippen LogP contribution in [-0.4, -0.2) is 0 Å². The Kier molecular flexibility index (Phi) is 6.77. The average molecular weight is 180 g/mol. The minimum Gasteiger partial charge on any atom is -0.103 e. The fourth-order valence-corrected chi connectivity index (χ4v) is 1.08. The topological polar surface area (TPSA) is 0 Å². The van der Waals surface area contributed by atoms with Crippen LogP contribution >= 0.6 is 0 Å². The van der Waals surface area contributed by atoms with Crippen LogP contribution in [0.25, 0.3) is 0 Å². The quantitative estimate of drug-likeness (QED) is 0.444. The molecule has 0 atom stereocenters. The Labute approximate surface area is 84.1 Å². The normalized spacial score (nSPS) is 10.8. The lowest BCUT2D eigenvalue weighted by molar-refractivity contribution is 0.384. The average Bonchev–Trinajstić information content (AvgIpc) is 2.01. The second-order valence-corrected chi connectivity index (χ2v) is 4.87. The van der Waals surface area contributed by atoms with E-state index in [9.17, 15) is 0 Å². The molecule has 0 aromatic heterocycles. The summed E-state index contributed by atoms with van der Waals surface area (Å²) in [5.74, 6) is 6.49. The van der Waals surface area contributed by atoms with Crippen molar-refractivity contribution in [2.45, 2.75) is 66.2 Å². The molecule has 0 heteroatoms. The van der Waals surface area contributed by atoms with Gasteiger partial charge in [-0.05, 0) is 18.3 Å². The van der Waals surface area contributed by atoms with E-state index < -0.39 is 0 Å². The Morgan fingerprint density at radius 3 is 2.08 bits per heavy atom. The molecule has 0 aliphatic rings. The summed E-state index contributed by atoms with van der Waals surface area (Å²) in [6.45, 7) is 9.04. The summed E-state index contributed by atoms with van der Waals surface area (Å²) < 4.78 is 0. The summed E-state index contributed by atoms with van der Waals surface area (Å²) in [6.07, 6.45) is 7.28. The molecule has 0 aromatic rings. The molecule has 0 saturated heterocycles. The van der Waals surface area contributed by atoms with Gasteiger partial charge >= 0.3 is 0 Å². The van der Waals surface area contributed by atoms with Gasteiger partial charge in [-0.25, -0.2) is 0 Å². The molecule has 0 spiro atoms. The smallest absolute Gasteiger partial charge is 0.00936 e. The number of hydrogen-bond donors (Lipinski definition) is 0. The Morgan fingerprint density at radius 1 is 0.923 bits per heavy atom. The van der Waals surface area contributed by atoms with Gasteiger partial charge in [-0.2, -0.15) is 0 Å². The molecule has 0 aromatic carbocycles. The van der Waals surface area contributed by atoms with Gasteiger partial charge in [0, 0.05) is 12.8 Å². The van der Waals surface area contributed by atoms with E-state index >= 15 is 0 Å². The van der Waals surface area contributed by atoms with E-state index in [1.54, 1.807) is 0 Å². The molecule has 0 aliphatic carbocycles. The second kappa shape index (κ2) is 7.01. The summed E-state index contributed by atoms with van der Waals surface area (Å²) in [5, 5.41) is 0. The second-order valence-electron chi connectivity index (χ2n) is 4.87. The SMILES string of the molecule is CCCCCC#CCCC(C)(C)C. The standard InChI is InChI=1S/C13H24/c1-5-6-7-8-9-10-11-12-13(2,3)4/h5-8,11-12H2,1-4H3. The molecule has 0 N–H and O–H groups in total. The van der Waals surface area contributed by atoms with E-state index in [2.05, 4.69) is 39.5 Å². The molecule has 0 radical (unpaired) electrons. The van der Waals surface area contributed by atoms with Gasteiger partial charge in [0.15, 0.2) is 0 Å². The molecule has 0 saturated carbocycles. The first-order chi connectivity index (χ1) is 6.06. The van der Waals surface area contributed by atoms with E-state index in [-0.39, 0.29) is 0 Å². The minimum absolute atomic E-state index is 0.443. The highest BCUT2D eigenvalue weighted by atomic mass is 14.1. The third-order valence-electron chi connectivity index (χ3n) is 2.03. The first-order valence-electron chi connectivity index (χ1n) is 5.52. The Hall–Kier alpha value is -0.440.